The van der Waals surface area contributed by atoms with E-state index in [0.29, 0.717) is 22.4 Å². The SMILES string of the molecule is CCOc1cc(/C=C/C(=O)c2cccc([N+](=O)[O-])c2)cc(Br)c1O. The molecule has 6 nitrogen and oxygen atoms in total. The van der Waals surface area contributed by atoms with Crippen LogP contribution in [-0.2, 0) is 0 Å². The zero-order valence-corrected chi connectivity index (χ0v) is 14.3. The molecule has 0 aliphatic heterocycles. The molecule has 24 heavy (non-hydrogen) atoms. The van der Waals surface area contributed by atoms with Crippen LogP contribution in [0.3, 0.4) is 0 Å². The van der Waals surface area contributed by atoms with Crippen molar-refractivity contribution in [1.29, 1.82) is 0 Å². The van der Waals surface area contributed by atoms with Gasteiger partial charge in [0.1, 0.15) is 0 Å². The molecule has 0 aliphatic rings. The molecule has 0 saturated heterocycles. The summed E-state index contributed by atoms with van der Waals surface area (Å²) in [5.41, 5.74) is 0.727. The number of non-ortho nitro benzene ring substituents is 1. The standard InChI is InChI=1S/C17H14BrNO5/c1-2-24-16-9-11(8-14(18)17(16)21)6-7-15(20)12-4-3-5-13(10-12)19(22)23/h3-10,21H,2H2,1H3/b7-6+. The number of aromatic hydroxyl groups is 1. The van der Waals surface area contributed by atoms with E-state index in [4.69, 9.17) is 4.74 Å². The van der Waals surface area contributed by atoms with E-state index >= 15 is 0 Å². The quantitative estimate of drug-likeness (QED) is 0.342. The number of carbonyl (C=O) groups is 1. The lowest BCUT2D eigenvalue weighted by Crippen LogP contribution is -1.96. The zero-order valence-electron chi connectivity index (χ0n) is 12.7. The van der Waals surface area contributed by atoms with Gasteiger partial charge in [0, 0.05) is 17.7 Å². The minimum Gasteiger partial charge on any atom is -0.503 e. The van der Waals surface area contributed by atoms with E-state index < -0.39 is 4.92 Å². The van der Waals surface area contributed by atoms with Crippen molar-refractivity contribution in [3.63, 3.8) is 0 Å². The van der Waals surface area contributed by atoms with Gasteiger partial charge < -0.3 is 9.84 Å². The fourth-order valence-electron chi connectivity index (χ4n) is 2.00. The molecule has 0 aliphatic carbocycles. The summed E-state index contributed by atoms with van der Waals surface area (Å²) >= 11 is 3.22. The Morgan fingerprint density at radius 1 is 1.38 bits per heavy atom. The predicted octanol–water partition coefficient (Wildman–Crippen LogP) is 4.36. The number of hydrogen-bond donors (Lipinski definition) is 1. The van der Waals surface area contributed by atoms with Gasteiger partial charge in [-0.05, 0) is 46.6 Å². The summed E-state index contributed by atoms with van der Waals surface area (Å²) in [5, 5.41) is 20.6. The Morgan fingerprint density at radius 2 is 2.12 bits per heavy atom. The first-order valence-corrected chi connectivity index (χ1v) is 7.84. The van der Waals surface area contributed by atoms with Crippen LogP contribution in [0, 0.1) is 10.1 Å². The zero-order chi connectivity index (χ0) is 17.7. The van der Waals surface area contributed by atoms with E-state index in [0.717, 1.165) is 0 Å². The number of ether oxygens (including phenoxy) is 1. The Morgan fingerprint density at radius 3 is 2.79 bits per heavy atom. The Bertz CT molecular complexity index is 817. The van der Waals surface area contributed by atoms with Crippen LogP contribution in [0.2, 0.25) is 0 Å². The average molecular weight is 392 g/mol. The van der Waals surface area contributed by atoms with E-state index in [9.17, 15) is 20.0 Å². The molecule has 0 unspecified atom stereocenters. The number of phenolic OH excluding ortho intramolecular Hbond substituents is 1. The van der Waals surface area contributed by atoms with Crippen molar-refractivity contribution in [2.45, 2.75) is 6.92 Å². The highest BCUT2D eigenvalue weighted by molar-refractivity contribution is 9.10. The van der Waals surface area contributed by atoms with Crippen molar-refractivity contribution in [1.82, 2.24) is 0 Å². The fraction of sp³-hybridized carbons (Fsp3) is 0.118. The van der Waals surface area contributed by atoms with E-state index in [2.05, 4.69) is 15.9 Å². The van der Waals surface area contributed by atoms with Crippen molar-refractivity contribution in [2.75, 3.05) is 6.61 Å². The molecule has 7 heteroatoms. The summed E-state index contributed by atoms with van der Waals surface area (Å²) in [6, 6.07) is 8.76. The van der Waals surface area contributed by atoms with Gasteiger partial charge >= 0.3 is 0 Å². The number of rotatable bonds is 6. The number of carbonyl (C=O) groups excluding carboxylic acids is 1. The fourth-order valence-corrected chi connectivity index (χ4v) is 2.46. The van der Waals surface area contributed by atoms with Crippen molar-refractivity contribution in [3.05, 3.63) is 68.2 Å². The number of hydrogen-bond acceptors (Lipinski definition) is 5. The van der Waals surface area contributed by atoms with Crippen LogP contribution in [0.15, 0.2) is 46.9 Å². The number of nitro groups is 1. The third-order valence-corrected chi connectivity index (χ3v) is 3.72. The lowest BCUT2D eigenvalue weighted by atomic mass is 10.1. The molecule has 0 bridgehead atoms. The monoisotopic (exact) mass is 391 g/mol. The van der Waals surface area contributed by atoms with Crippen LogP contribution in [0.25, 0.3) is 6.08 Å². The number of nitrogens with zero attached hydrogens (tertiary/aromatic N) is 1. The van der Waals surface area contributed by atoms with Gasteiger partial charge in [-0.2, -0.15) is 0 Å². The number of allylic oxidation sites excluding steroid dienone is 1. The Labute approximate surface area is 146 Å². The minimum atomic E-state index is -0.550. The van der Waals surface area contributed by atoms with Gasteiger partial charge in [-0.25, -0.2) is 0 Å². The highest BCUT2D eigenvalue weighted by Crippen LogP contribution is 2.35. The number of halogens is 1. The molecule has 0 radical (unpaired) electrons. The first-order chi connectivity index (χ1) is 11.4. The maximum absolute atomic E-state index is 12.2. The summed E-state index contributed by atoms with van der Waals surface area (Å²) in [7, 11) is 0. The van der Waals surface area contributed by atoms with Crippen molar-refractivity contribution in [2.24, 2.45) is 0 Å². The van der Waals surface area contributed by atoms with Crippen LogP contribution < -0.4 is 4.74 Å². The van der Waals surface area contributed by atoms with Crippen LogP contribution in [-0.4, -0.2) is 22.4 Å². The average Bonchev–Trinajstić information content (AvgIpc) is 2.57. The van der Waals surface area contributed by atoms with Gasteiger partial charge in [0.15, 0.2) is 17.3 Å². The third-order valence-electron chi connectivity index (χ3n) is 3.12. The number of phenols is 1. The lowest BCUT2D eigenvalue weighted by Gasteiger charge is -2.08. The van der Waals surface area contributed by atoms with Crippen LogP contribution in [0.5, 0.6) is 11.5 Å². The second kappa shape index (κ2) is 7.74. The van der Waals surface area contributed by atoms with Gasteiger partial charge in [0.25, 0.3) is 5.69 Å². The normalized spacial score (nSPS) is 10.8. The summed E-state index contributed by atoms with van der Waals surface area (Å²) in [6.45, 7) is 2.18. The van der Waals surface area contributed by atoms with Crippen LogP contribution in [0.1, 0.15) is 22.8 Å². The second-order valence-corrected chi connectivity index (χ2v) is 5.64. The molecule has 0 atom stereocenters. The highest BCUT2D eigenvalue weighted by atomic mass is 79.9. The largest absolute Gasteiger partial charge is 0.503 e. The summed E-state index contributed by atoms with van der Waals surface area (Å²) < 4.78 is 5.76. The first-order valence-electron chi connectivity index (χ1n) is 7.04. The van der Waals surface area contributed by atoms with Crippen molar-refractivity contribution in [3.8, 4) is 11.5 Å². The maximum Gasteiger partial charge on any atom is 0.270 e. The number of ketones is 1. The Hall–Kier alpha value is -2.67. The van der Waals surface area contributed by atoms with E-state index in [-0.39, 0.29) is 22.8 Å². The van der Waals surface area contributed by atoms with Gasteiger partial charge in [0.05, 0.1) is 16.0 Å². The number of benzene rings is 2. The smallest absolute Gasteiger partial charge is 0.270 e. The molecule has 0 amide bonds. The molecule has 1 N–H and O–H groups in total. The topological polar surface area (TPSA) is 89.7 Å². The second-order valence-electron chi connectivity index (χ2n) is 4.79. The molecular weight excluding hydrogens is 378 g/mol. The summed E-state index contributed by atoms with van der Waals surface area (Å²) in [5.74, 6) is -0.0748. The molecule has 0 fully saturated rings. The molecule has 0 saturated carbocycles. The molecule has 0 spiro atoms. The van der Waals surface area contributed by atoms with Crippen LogP contribution in [0.4, 0.5) is 5.69 Å². The third kappa shape index (κ3) is 4.20. The predicted molar refractivity (Wildman–Crippen MR) is 93.4 cm³/mol. The summed E-state index contributed by atoms with van der Waals surface area (Å²) in [6.07, 6.45) is 2.86. The molecule has 2 rings (SSSR count). The summed E-state index contributed by atoms with van der Waals surface area (Å²) in [4.78, 5) is 22.4. The highest BCUT2D eigenvalue weighted by Gasteiger charge is 2.11. The Kier molecular flexibility index (Phi) is 5.70. The first kappa shape index (κ1) is 17.7. The molecule has 0 aromatic heterocycles. The van der Waals surface area contributed by atoms with Crippen molar-refractivity contribution < 1.29 is 19.6 Å². The molecular formula is C17H14BrNO5. The van der Waals surface area contributed by atoms with Gasteiger partial charge in [-0.15, -0.1) is 0 Å². The molecule has 124 valence electrons. The minimum absolute atomic E-state index is 0.0148. The van der Waals surface area contributed by atoms with E-state index in [1.165, 1.54) is 30.3 Å². The maximum atomic E-state index is 12.2. The van der Waals surface area contributed by atoms with Gasteiger partial charge in [0.2, 0.25) is 0 Å². The molecule has 2 aromatic carbocycles. The van der Waals surface area contributed by atoms with Gasteiger partial charge in [-0.3, -0.25) is 14.9 Å². The molecule has 2 aromatic rings. The van der Waals surface area contributed by atoms with E-state index in [1.54, 1.807) is 25.1 Å². The van der Waals surface area contributed by atoms with Crippen LogP contribution >= 0.6 is 15.9 Å². The van der Waals surface area contributed by atoms with Crippen molar-refractivity contribution >= 4 is 33.5 Å². The van der Waals surface area contributed by atoms with E-state index in [1.807, 2.05) is 0 Å². The Balaban J connectivity index is 2.26. The molecule has 0 heterocycles. The van der Waals surface area contributed by atoms with Gasteiger partial charge in [-0.1, -0.05) is 18.2 Å². The number of nitro benzene ring substituents is 1. The lowest BCUT2D eigenvalue weighted by molar-refractivity contribution is -0.384.